The number of anilines is 1. The minimum atomic E-state index is -4.74. The normalized spacial score (nSPS) is 14.8. The van der Waals surface area contributed by atoms with E-state index >= 15 is 0 Å². The van der Waals surface area contributed by atoms with Gasteiger partial charge >= 0.3 is 6.36 Å². The smallest absolute Gasteiger partial charge is 0.493 e. The van der Waals surface area contributed by atoms with E-state index in [0.717, 1.165) is 5.39 Å². The van der Waals surface area contributed by atoms with Crippen molar-refractivity contribution in [2.45, 2.75) is 6.36 Å². The molecular weight excluding hydrogens is 459 g/mol. The van der Waals surface area contributed by atoms with Gasteiger partial charge in [-0.2, -0.15) is 0 Å². The van der Waals surface area contributed by atoms with Crippen LogP contribution in [0, 0.1) is 0 Å². The van der Waals surface area contributed by atoms with E-state index in [-0.39, 0.29) is 17.4 Å². The molecule has 0 aliphatic carbocycles. The van der Waals surface area contributed by atoms with Crippen LogP contribution in [-0.2, 0) is 0 Å². The quantitative estimate of drug-likeness (QED) is 0.416. The van der Waals surface area contributed by atoms with E-state index in [1.54, 1.807) is 24.1 Å². The number of halogens is 3. The Labute approximate surface area is 189 Å². The molecule has 0 radical (unpaired) electrons. The van der Waals surface area contributed by atoms with Gasteiger partial charge in [0.05, 0.1) is 17.3 Å². The van der Waals surface area contributed by atoms with Gasteiger partial charge in [0.1, 0.15) is 5.75 Å². The molecule has 7 nitrogen and oxygen atoms in total. The minimum absolute atomic E-state index is 0.203. The van der Waals surface area contributed by atoms with Crippen LogP contribution < -0.4 is 14.4 Å². The lowest BCUT2D eigenvalue weighted by molar-refractivity contribution is -0.274. The maximum atomic E-state index is 13.0. The maximum Gasteiger partial charge on any atom is 0.573 e. The van der Waals surface area contributed by atoms with Crippen LogP contribution in [-0.4, -0.2) is 55.4 Å². The second-order valence-corrected chi connectivity index (χ2v) is 8.45. The van der Waals surface area contributed by atoms with Gasteiger partial charge in [-0.1, -0.05) is 23.5 Å². The maximum absolute atomic E-state index is 13.0. The molecule has 4 aromatic rings. The fraction of sp³-hybridized carbons (Fsp3) is 0.273. The Morgan fingerprint density at radius 3 is 2.64 bits per heavy atom. The summed E-state index contributed by atoms with van der Waals surface area (Å²) in [5, 5.41) is 1.48. The molecule has 172 valence electrons. The number of hydrogen-bond acceptors (Lipinski definition) is 7. The van der Waals surface area contributed by atoms with Crippen molar-refractivity contribution in [3.8, 4) is 11.5 Å². The highest BCUT2D eigenvalue weighted by molar-refractivity contribution is 7.22. The standard InChI is InChI=1S/C22H18F3N3O4S/c1-30-16-4-2-3-13-11-17(31-19(13)16)20(29)27-7-9-28(10-8-27)21-26-15-6-5-14(12-18(15)33-21)32-22(23,24)25/h2-6,11-12H,7-10H2,1H3. The summed E-state index contributed by atoms with van der Waals surface area (Å²) in [4.78, 5) is 21.2. The van der Waals surface area contributed by atoms with Crippen LogP contribution in [0.4, 0.5) is 18.3 Å². The zero-order valence-electron chi connectivity index (χ0n) is 17.4. The zero-order chi connectivity index (χ0) is 23.2. The Bertz CT molecular complexity index is 1330. The van der Waals surface area contributed by atoms with Crippen LogP contribution in [0.25, 0.3) is 21.2 Å². The number of alkyl halides is 3. The van der Waals surface area contributed by atoms with Crippen molar-refractivity contribution >= 4 is 43.6 Å². The molecule has 0 unspecified atom stereocenters. The summed E-state index contributed by atoms with van der Waals surface area (Å²) >= 11 is 1.29. The first kappa shape index (κ1) is 21.4. The van der Waals surface area contributed by atoms with Gasteiger partial charge in [-0.05, 0) is 24.3 Å². The number of piperazine rings is 1. The van der Waals surface area contributed by atoms with E-state index in [2.05, 4.69) is 9.72 Å². The summed E-state index contributed by atoms with van der Waals surface area (Å²) < 4.78 is 53.1. The summed E-state index contributed by atoms with van der Waals surface area (Å²) in [6.45, 7) is 2.01. The number of nitrogens with zero attached hydrogens (tertiary/aromatic N) is 3. The summed E-state index contributed by atoms with van der Waals surface area (Å²) in [7, 11) is 1.55. The molecule has 0 N–H and O–H groups in total. The zero-order valence-corrected chi connectivity index (χ0v) is 18.2. The monoisotopic (exact) mass is 477 g/mol. The largest absolute Gasteiger partial charge is 0.573 e. The second kappa shape index (κ2) is 8.14. The fourth-order valence-corrected chi connectivity index (χ4v) is 4.83. The molecule has 1 fully saturated rings. The number of benzene rings is 2. The van der Waals surface area contributed by atoms with Crippen LogP contribution in [0.5, 0.6) is 11.5 Å². The van der Waals surface area contributed by atoms with E-state index in [4.69, 9.17) is 9.15 Å². The topological polar surface area (TPSA) is 68.0 Å². The number of methoxy groups -OCH3 is 1. The third kappa shape index (κ3) is 4.28. The van der Waals surface area contributed by atoms with Crippen molar-refractivity contribution in [2.24, 2.45) is 0 Å². The molecule has 0 spiro atoms. The van der Waals surface area contributed by atoms with Crippen molar-refractivity contribution in [1.82, 2.24) is 9.88 Å². The van der Waals surface area contributed by atoms with Crippen molar-refractivity contribution in [1.29, 1.82) is 0 Å². The number of fused-ring (bicyclic) bond motifs is 2. The van der Waals surface area contributed by atoms with Gasteiger partial charge in [0, 0.05) is 37.6 Å². The molecule has 1 aliphatic rings. The molecule has 1 amide bonds. The predicted molar refractivity (Wildman–Crippen MR) is 117 cm³/mol. The van der Waals surface area contributed by atoms with Gasteiger partial charge in [0.2, 0.25) is 0 Å². The van der Waals surface area contributed by atoms with Gasteiger partial charge in [-0.3, -0.25) is 4.79 Å². The number of ether oxygens (including phenoxy) is 2. The lowest BCUT2D eigenvalue weighted by Crippen LogP contribution is -2.48. The van der Waals surface area contributed by atoms with Gasteiger partial charge < -0.3 is 23.7 Å². The van der Waals surface area contributed by atoms with Gasteiger partial charge in [0.15, 0.2) is 22.2 Å². The van der Waals surface area contributed by atoms with E-state index in [9.17, 15) is 18.0 Å². The van der Waals surface area contributed by atoms with Crippen molar-refractivity contribution < 1.29 is 31.9 Å². The predicted octanol–water partition coefficient (Wildman–Crippen LogP) is 4.91. The minimum Gasteiger partial charge on any atom is -0.493 e. The van der Waals surface area contributed by atoms with E-state index in [0.29, 0.717) is 52.9 Å². The van der Waals surface area contributed by atoms with Crippen LogP contribution in [0.2, 0.25) is 0 Å². The number of aromatic nitrogens is 1. The first-order valence-corrected chi connectivity index (χ1v) is 10.9. The molecule has 11 heteroatoms. The molecule has 0 atom stereocenters. The number of amides is 1. The SMILES string of the molecule is COc1cccc2cc(C(=O)N3CCN(c4nc5ccc(OC(F)(F)F)cc5s4)CC3)oc12. The lowest BCUT2D eigenvalue weighted by Gasteiger charge is -2.34. The Morgan fingerprint density at radius 1 is 1.12 bits per heavy atom. The number of rotatable bonds is 4. The average Bonchev–Trinajstić information content (AvgIpc) is 3.41. The highest BCUT2D eigenvalue weighted by atomic mass is 32.1. The molecule has 2 aromatic heterocycles. The fourth-order valence-electron chi connectivity index (χ4n) is 3.78. The molecule has 0 saturated carbocycles. The van der Waals surface area contributed by atoms with Crippen molar-refractivity contribution in [3.05, 3.63) is 48.2 Å². The number of para-hydroxylation sites is 1. The Hall–Kier alpha value is -3.47. The van der Waals surface area contributed by atoms with E-state index in [1.165, 1.54) is 29.5 Å². The van der Waals surface area contributed by atoms with Gasteiger partial charge in [0.25, 0.3) is 5.91 Å². The lowest BCUT2D eigenvalue weighted by atomic mass is 10.2. The van der Waals surface area contributed by atoms with Crippen LogP contribution in [0.1, 0.15) is 10.6 Å². The molecule has 1 aliphatic heterocycles. The third-order valence-electron chi connectivity index (χ3n) is 5.36. The second-order valence-electron chi connectivity index (χ2n) is 7.44. The summed E-state index contributed by atoms with van der Waals surface area (Å²) in [5.74, 6) is 0.338. The number of carbonyl (C=O) groups is 1. The molecule has 2 aromatic carbocycles. The van der Waals surface area contributed by atoms with Crippen molar-refractivity contribution in [2.75, 3.05) is 38.2 Å². The number of furan rings is 1. The molecule has 5 rings (SSSR count). The summed E-state index contributed by atoms with van der Waals surface area (Å²) in [5.41, 5.74) is 1.13. The molecule has 33 heavy (non-hydrogen) atoms. The Kier molecular flexibility index (Phi) is 5.28. The van der Waals surface area contributed by atoms with E-state index in [1.807, 2.05) is 17.0 Å². The molecule has 0 bridgehead atoms. The van der Waals surface area contributed by atoms with Crippen LogP contribution >= 0.6 is 11.3 Å². The highest BCUT2D eigenvalue weighted by Crippen LogP contribution is 2.34. The van der Waals surface area contributed by atoms with Crippen molar-refractivity contribution in [3.63, 3.8) is 0 Å². The van der Waals surface area contributed by atoms with Crippen LogP contribution in [0.3, 0.4) is 0 Å². The first-order chi connectivity index (χ1) is 15.8. The average molecular weight is 477 g/mol. The molecular formula is C22H18F3N3O4S. The van der Waals surface area contributed by atoms with E-state index < -0.39 is 6.36 Å². The Balaban J connectivity index is 1.28. The summed E-state index contributed by atoms with van der Waals surface area (Å²) in [6, 6.07) is 11.3. The first-order valence-electron chi connectivity index (χ1n) is 10.1. The Morgan fingerprint density at radius 2 is 1.91 bits per heavy atom. The summed E-state index contributed by atoms with van der Waals surface area (Å²) in [6.07, 6.45) is -4.74. The molecule has 1 saturated heterocycles. The number of carbonyl (C=O) groups excluding carboxylic acids is 1. The van der Waals surface area contributed by atoms with Gasteiger partial charge in [-0.25, -0.2) is 4.98 Å². The van der Waals surface area contributed by atoms with Gasteiger partial charge in [-0.15, -0.1) is 13.2 Å². The number of thiazole rings is 1. The highest BCUT2D eigenvalue weighted by Gasteiger charge is 2.31. The third-order valence-corrected chi connectivity index (χ3v) is 6.44. The van der Waals surface area contributed by atoms with Crippen LogP contribution in [0.15, 0.2) is 46.9 Å². The molecule has 3 heterocycles. The number of hydrogen-bond donors (Lipinski definition) is 0.